The molecule has 0 amide bonds. The zero-order valence-electron chi connectivity index (χ0n) is 11.4. The lowest BCUT2D eigenvalue weighted by atomic mass is 9.99. The van der Waals surface area contributed by atoms with Crippen LogP contribution in [0.5, 0.6) is 0 Å². The summed E-state index contributed by atoms with van der Waals surface area (Å²) in [6.07, 6.45) is 3.63. The van der Waals surface area contributed by atoms with Crippen molar-refractivity contribution in [2.45, 2.75) is 37.8 Å². The Balaban J connectivity index is 1.73. The predicted molar refractivity (Wildman–Crippen MR) is 68.8 cm³/mol. The predicted octanol–water partition coefficient (Wildman–Crippen LogP) is 0.173. The Morgan fingerprint density at radius 3 is 2.16 bits per heavy atom. The number of carboxylic acids is 1. The Bertz CT molecular complexity index is 332. The highest BCUT2D eigenvalue weighted by atomic mass is 16.6. The van der Waals surface area contributed by atoms with Gasteiger partial charge in [-0.15, -0.1) is 0 Å². The van der Waals surface area contributed by atoms with Crippen molar-refractivity contribution in [1.29, 1.82) is 0 Å². The third-order valence-corrected chi connectivity index (χ3v) is 4.13. The SMILES string of the molecule is CN1CCC(N2CCC(OC(=O)C(=O)O)CC2)CC1. The number of rotatable bonds is 2. The molecule has 1 N–H and O–H groups in total. The minimum atomic E-state index is -1.50. The molecule has 0 aromatic rings. The van der Waals surface area contributed by atoms with E-state index in [1.807, 2.05) is 0 Å². The van der Waals surface area contributed by atoms with Crippen LogP contribution in [0.2, 0.25) is 0 Å². The summed E-state index contributed by atoms with van der Waals surface area (Å²) in [5.41, 5.74) is 0. The van der Waals surface area contributed by atoms with E-state index in [-0.39, 0.29) is 6.10 Å². The van der Waals surface area contributed by atoms with Gasteiger partial charge in [0.05, 0.1) is 0 Å². The van der Waals surface area contributed by atoms with Gasteiger partial charge in [-0.05, 0) is 45.8 Å². The normalized spacial score (nSPS) is 24.3. The smallest absolute Gasteiger partial charge is 0.417 e. The molecule has 0 bridgehead atoms. The van der Waals surface area contributed by atoms with Crippen LogP contribution in [-0.2, 0) is 14.3 Å². The van der Waals surface area contributed by atoms with Crippen LogP contribution in [0.3, 0.4) is 0 Å². The first-order valence-electron chi connectivity index (χ1n) is 6.92. The second-order valence-corrected chi connectivity index (χ2v) is 5.48. The van der Waals surface area contributed by atoms with Crippen molar-refractivity contribution in [3.8, 4) is 0 Å². The maximum atomic E-state index is 11.0. The number of hydrogen-bond acceptors (Lipinski definition) is 5. The Labute approximate surface area is 113 Å². The van der Waals surface area contributed by atoms with Crippen LogP contribution in [0, 0.1) is 0 Å². The van der Waals surface area contributed by atoms with E-state index in [9.17, 15) is 9.59 Å². The first kappa shape index (κ1) is 14.3. The molecule has 19 heavy (non-hydrogen) atoms. The fourth-order valence-electron chi connectivity index (χ4n) is 2.92. The van der Waals surface area contributed by atoms with Crippen molar-refractivity contribution < 1.29 is 19.4 Å². The number of carbonyl (C=O) groups excluding carboxylic acids is 1. The molecule has 0 aromatic heterocycles. The van der Waals surface area contributed by atoms with Gasteiger partial charge in [0.2, 0.25) is 0 Å². The van der Waals surface area contributed by atoms with Crippen molar-refractivity contribution in [3.05, 3.63) is 0 Å². The molecule has 108 valence electrons. The molecule has 2 saturated heterocycles. The fraction of sp³-hybridized carbons (Fsp3) is 0.846. The third-order valence-electron chi connectivity index (χ3n) is 4.13. The number of nitrogens with zero attached hydrogens (tertiary/aromatic N) is 2. The number of hydrogen-bond donors (Lipinski definition) is 1. The molecule has 6 nitrogen and oxygen atoms in total. The maximum absolute atomic E-state index is 11.0. The van der Waals surface area contributed by atoms with E-state index in [1.165, 1.54) is 12.8 Å². The van der Waals surface area contributed by atoms with Crippen molar-refractivity contribution in [2.75, 3.05) is 33.2 Å². The van der Waals surface area contributed by atoms with E-state index in [1.54, 1.807) is 0 Å². The summed E-state index contributed by atoms with van der Waals surface area (Å²) < 4.78 is 4.93. The standard InChI is InChI=1S/C13H22N2O4/c1-14-6-2-10(3-7-14)15-8-4-11(5-9-15)19-13(18)12(16)17/h10-11H,2-9H2,1H3,(H,16,17). The second kappa shape index (κ2) is 6.34. The summed E-state index contributed by atoms with van der Waals surface area (Å²) in [4.78, 5) is 26.2. The van der Waals surface area contributed by atoms with Gasteiger partial charge in [-0.25, -0.2) is 9.59 Å². The van der Waals surface area contributed by atoms with Gasteiger partial charge in [0.25, 0.3) is 0 Å². The number of carbonyl (C=O) groups is 2. The topological polar surface area (TPSA) is 70.1 Å². The largest absolute Gasteiger partial charge is 0.473 e. The van der Waals surface area contributed by atoms with Gasteiger partial charge in [0.1, 0.15) is 6.10 Å². The van der Waals surface area contributed by atoms with Crippen molar-refractivity contribution >= 4 is 11.9 Å². The number of esters is 1. The molecule has 2 aliphatic heterocycles. The minimum Gasteiger partial charge on any atom is -0.473 e. The molecule has 2 aliphatic rings. The van der Waals surface area contributed by atoms with Gasteiger partial charge < -0.3 is 19.6 Å². The molecule has 0 spiro atoms. The average molecular weight is 270 g/mol. The highest BCUT2D eigenvalue weighted by molar-refractivity contribution is 6.28. The third kappa shape index (κ3) is 3.91. The monoisotopic (exact) mass is 270 g/mol. The molecule has 6 heteroatoms. The van der Waals surface area contributed by atoms with Gasteiger partial charge in [-0.3, -0.25) is 0 Å². The van der Waals surface area contributed by atoms with E-state index in [0.29, 0.717) is 6.04 Å². The first-order valence-corrected chi connectivity index (χ1v) is 6.92. The van der Waals surface area contributed by atoms with Gasteiger partial charge in [0.15, 0.2) is 0 Å². The molecular formula is C13H22N2O4. The summed E-state index contributed by atoms with van der Waals surface area (Å²) in [6.45, 7) is 4.06. The Morgan fingerprint density at radius 1 is 1.05 bits per heavy atom. The maximum Gasteiger partial charge on any atom is 0.417 e. The summed E-state index contributed by atoms with van der Waals surface area (Å²) >= 11 is 0. The lowest BCUT2D eigenvalue weighted by Crippen LogP contribution is -2.48. The minimum absolute atomic E-state index is 0.230. The van der Waals surface area contributed by atoms with Crippen LogP contribution in [0.4, 0.5) is 0 Å². The van der Waals surface area contributed by atoms with E-state index >= 15 is 0 Å². The lowest BCUT2D eigenvalue weighted by molar-refractivity contribution is -0.169. The molecule has 2 rings (SSSR count). The fourth-order valence-corrected chi connectivity index (χ4v) is 2.92. The highest BCUT2D eigenvalue weighted by Gasteiger charge is 2.29. The molecule has 0 aliphatic carbocycles. The number of aliphatic carboxylic acids is 1. The number of likely N-dealkylation sites (tertiary alicyclic amines) is 2. The molecule has 2 fully saturated rings. The zero-order valence-corrected chi connectivity index (χ0v) is 11.4. The Kier molecular flexibility index (Phi) is 4.76. The molecule has 0 unspecified atom stereocenters. The van der Waals surface area contributed by atoms with Gasteiger partial charge >= 0.3 is 11.9 Å². The molecule has 0 radical (unpaired) electrons. The Morgan fingerprint density at radius 2 is 1.63 bits per heavy atom. The highest BCUT2D eigenvalue weighted by Crippen LogP contribution is 2.21. The van der Waals surface area contributed by atoms with Gasteiger partial charge in [-0.2, -0.15) is 0 Å². The van der Waals surface area contributed by atoms with Gasteiger partial charge in [-0.1, -0.05) is 0 Å². The molecule has 0 atom stereocenters. The van der Waals surface area contributed by atoms with E-state index in [2.05, 4.69) is 16.8 Å². The number of piperidine rings is 2. The van der Waals surface area contributed by atoms with E-state index < -0.39 is 11.9 Å². The summed E-state index contributed by atoms with van der Waals surface area (Å²) in [6, 6.07) is 0.632. The average Bonchev–Trinajstić information content (AvgIpc) is 2.40. The summed E-state index contributed by atoms with van der Waals surface area (Å²) in [5.74, 6) is -2.63. The van der Waals surface area contributed by atoms with Crippen LogP contribution < -0.4 is 0 Å². The van der Waals surface area contributed by atoms with Crippen molar-refractivity contribution in [3.63, 3.8) is 0 Å². The first-order chi connectivity index (χ1) is 9.06. The van der Waals surface area contributed by atoms with Crippen molar-refractivity contribution in [2.24, 2.45) is 0 Å². The van der Waals surface area contributed by atoms with Gasteiger partial charge in [0, 0.05) is 19.1 Å². The van der Waals surface area contributed by atoms with E-state index in [4.69, 9.17) is 9.84 Å². The summed E-state index contributed by atoms with van der Waals surface area (Å²) in [5, 5.41) is 8.50. The Hall–Kier alpha value is -1.14. The lowest BCUT2D eigenvalue weighted by Gasteiger charge is -2.40. The molecule has 0 aromatic carbocycles. The van der Waals surface area contributed by atoms with Crippen LogP contribution in [0.25, 0.3) is 0 Å². The second-order valence-electron chi connectivity index (χ2n) is 5.48. The summed E-state index contributed by atoms with van der Waals surface area (Å²) in [7, 11) is 2.15. The number of carboxylic acid groups (broad SMARTS) is 1. The number of ether oxygens (including phenoxy) is 1. The molecular weight excluding hydrogens is 248 g/mol. The van der Waals surface area contributed by atoms with Crippen molar-refractivity contribution in [1.82, 2.24) is 9.80 Å². The van der Waals surface area contributed by atoms with E-state index in [0.717, 1.165) is 39.0 Å². The van der Waals surface area contributed by atoms with Crippen LogP contribution in [-0.4, -0.2) is 72.2 Å². The quantitative estimate of drug-likeness (QED) is 0.570. The van der Waals surface area contributed by atoms with Crippen LogP contribution in [0.15, 0.2) is 0 Å². The van der Waals surface area contributed by atoms with Crippen LogP contribution in [0.1, 0.15) is 25.7 Å². The molecule has 0 saturated carbocycles. The van der Waals surface area contributed by atoms with Crippen LogP contribution >= 0.6 is 0 Å². The zero-order chi connectivity index (χ0) is 13.8. The molecule has 2 heterocycles.